The van der Waals surface area contributed by atoms with E-state index in [9.17, 15) is 18.0 Å². The van der Waals surface area contributed by atoms with E-state index >= 15 is 0 Å². The smallest absolute Gasteiger partial charge is 0.452 e. The summed E-state index contributed by atoms with van der Waals surface area (Å²) < 4.78 is 51.0. The minimum atomic E-state index is -4.86. The third-order valence-corrected chi connectivity index (χ3v) is 4.82. The normalized spacial score (nSPS) is 14.9. The SMILES string of the molecule is O=C(Nc1ccc(OC2CCNCC2)cc1)c1nc(-c2ccccc2)oc1C(F)(F)F. The van der Waals surface area contributed by atoms with E-state index in [-0.39, 0.29) is 12.0 Å². The molecule has 2 N–H and O–H groups in total. The molecule has 6 nitrogen and oxygen atoms in total. The topological polar surface area (TPSA) is 76.4 Å². The number of carbonyl (C=O) groups is 1. The lowest BCUT2D eigenvalue weighted by Crippen LogP contribution is -2.34. The van der Waals surface area contributed by atoms with E-state index in [0.29, 0.717) is 17.0 Å². The molecule has 1 aliphatic rings. The van der Waals surface area contributed by atoms with Crippen LogP contribution in [0.3, 0.4) is 0 Å². The molecule has 0 bridgehead atoms. The first kappa shape index (κ1) is 20.9. The van der Waals surface area contributed by atoms with Crippen molar-refractivity contribution in [3.63, 3.8) is 0 Å². The molecule has 0 unspecified atom stereocenters. The van der Waals surface area contributed by atoms with Gasteiger partial charge in [0.2, 0.25) is 11.7 Å². The minimum absolute atomic E-state index is 0.113. The molecule has 9 heteroatoms. The van der Waals surface area contributed by atoms with Crippen molar-refractivity contribution >= 4 is 11.6 Å². The van der Waals surface area contributed by atoms with Gasteiger partial charge in [-0.1, -0.05) is 18.2 Å². The number of anilines is 1. The molecule has 1 fully saturated rings. The van der Waals surface area contributed by atoms with E-state index in [2.05, 4.69) is 15.6 Å². The molecule has 0 atom stereocenters. The summed E-state index contributed by atoms with van der Waals surface area (Å²) in [6, 6.07) is 14.6. The first-order valence-electron chi connectivity index (χ1n) is 9.82. The van der Waals surface area contributed by atoms with Gasteiger partial charge in [0.25, 0.3) is 5.91 Å². The monoisotopic (exact) mass is 431 g/mol. The summed E-state index contributed by atoms with van der Waals surface area (Å²) >= 11 is 0. The maximum Gasteiger partial charge on any atom is 0.452 e. The summed E-state index contributed by atoms with van der Waals surface area (Å²) in [5.74, 6) is -2.09. The standard InChI is InChI=1S/C22H20F3N3O3/c23-22(24,25)19-18(28-21(31-19)14-4-2-1-3-5-14)20(29)27-15-6-8-16(9-7-15)30-17-10-12-26-13-11-17/h1-9,17,26H,10-13H2,(H,27,29). The number of piperidine rings is 1. The van der Waals surface area contributed by atoms with Crippen LogP contribution in [-0.4, -0.2) is 30.1 Å². The highest BCUT2D eigenvalue weighted by Crippen LogP contribution is 2.35. The zero-order valence-corrected chi connectivity index (χ0v) is 16.4. The number of carbonyl (C=O) groups excluding carboxylic acids is 1. The van der Waals surface area contributed by atoms with Crippen molar-refractivity contribution in [2.24, 2.45) is 0 Å². The van der Waals surface area contributed by atoms with Crippen LogP contribution in [0.5, 0.6) is 5.75 Å². The largest absolute Gasteiger partial charge is 0.490 e. The van der Waals surface area contributed by atoms with Gasteiger partial charge in [-0.15, -0.1) is 0 Å². The van der Waals surface area contributed by atoms with Crippen LogP contribution in [0.15, 0.2) is 59.0 Å². The molecule has 1 amide bonds. The molecular formula is C22H20F3N3O3. The zero-order chi connectivity index (χ0) is 21.8. The second kappa shape index (κ2) is 8.81. The third-order valence-electron chi connectivity index (χ3n) is 4.82. The van der Waals surface area contributed by atoms with Crippen molar-refractivity contribution in [1.29, 1.82) is 0 Å². The highest BCUT2D eigenvalue weighted by molar-refractivity contribution is 6.04. The fraction of sp³-hybridized carbons (Fsp3) is 0.273. The van der Waals surface area contributed by atoms with Crippen molar-refractivity contribution in [2.45, 2.75) is 25.1 Å². The third kappa shape index (κ3) is 5.05. The van der Waals surface area contributed by atoms with Crippen LogP contribution in [0.1, 0.15) is 29.1 Å². The number of hydrogen-bond acceptors (Lipinski definition) is 5. The molecule has 2 aromatic carbocycles. The van der Waals surface area contributed by atoms with Crippen molar-refractivity contribution in [1.82, 2.24) is 10.3 Å². The van der Waals surface area contributed by atoms with Gasteiger partial charge in [0.15, 0.2) is 5.69 Å². The Bertz CT molecular complexity index is 1030. The van der Waals surface area contributed by atoms with Gasteiger partial charge in [0.1, 0.15) is 11.9 Å². The highest BCUT2D eigenvalue weighted by atomic mass is 19.4. The van der Waals surface area contributed by atoms with Crippen molar-refractivity contribution in [2.75, 3.05) is 18.4 Å². The van der Waals surface area contributed by atoms with Gasteiger partial charge < -0.3 is 19.8 Å². The number of alkyl halides is 3. The summed E-state index contributed by atoms with van der Waals surface area (Å²) in [5, 5.41) is 5.69. The molecule has 0 spiro atoms. The number of nitrogens with one attached hydrogen (secondary N) is 2. The number of amides is 1. The van der Waals surface area contributed by atoms with Crippen molar-refractivity contribution in [3.8, 4) is 17.2 Å². The number of aromatic nitrogens is 1. The second-order valence-corrected chi connectivity index (χ2v) is 7.11. The fourth-order valence-corrected chi connectivity index (χ4v) is 3.28. The van der Waals surface area contributed by atoms with E-state index in [0.717, 1.165) is 25.9 Å². The average Bonchev–Trinajstić information content (AvgIpc) is 3.23. The van der Waals surface area contributed by atoms with Crippen LogP contribution < -0.4 is 15.4 Å². The number of hydrogen-bond donors (Lipinski definition) is 2. The van der Waals surface area contributed by atoms with Crippen LogP contribution >= 0.6 is 0 Å². The Morgan fingerprint density at radius 2 is 1.74 bits per heavy atom. The van der Waals surface area contributed by atoms with Crippen LogP contribution in [0.25, 0.3) is 11.5 Å². The Balaban J connectivity index is 1.50. The molecule has 0 radical (unpaired) electrons. The summed E-state index contributed by atoms with van der Waals surface area (Å²) in [7, 11) is 0. The molecule has 0 saturated carbocycles. The van der Waals surface area contributed by atoms with Gasteiger partial charge in [-0.05, 0) is 62.3 Å². The Hall–Kier alpha value is -3.33. The van der Waals surface area contributed by atoms with Gasteiger partial charge in [-0.25, -0.2) is 4.98 Å². The maximum absolute atomic E-state index is 13.4. The quantitative estimate of drug-likeness (QED) is 0.610. The number of ether oxygens (including phenoxy) is 1. The summed E-state index contributed by atoms with van der Waals surface area (Å²) in [4.78, 5) is 16.4. The van der Waals surface area contributed by atoms with Gasteiger partial charge >= 0.3 is 6.18 Å². The molecule has 1 aliphatic heterocycles. The number of oxazole rings is 1. The molecule has 3 aromatic rings. The molecule has 0 aliphatic carbocycles. The number of nitrogens with zero attached hydrogens (tertiary/aromatic N) is 1. The predicted molar refractivity (Wildman–Crippen MR) is 108 cm³/mol. The Morgan fingerprint density at radius 3 is 2.39 bits per heavy atom. The highest BCUT2D eigenvalue weighted by Gasteiger charge is 2.42. The molecule has 31 heavy (non-hydrogen) atoms. The summed E-state index contributed by atoms with van der Waals surface area (Å²) in [6.45, 7) is 1.78. The molecule has 162 valence electrons. The Labute approximate surface area is 176 Å². The molecule has 4 rings (SSSR count). The van der Waals surface area contributed by atoms with Gasteiger partial charge in [-0.2, -0.15) is 13.2 Å². The molecular weight excluding hydrogens is 411 g/mol. The van der Waals surface area contributed by atoms with Gasteiger partial charge in [-0.3, -0.25) is 4.79 Å². The van der Waals surface area contributed by atoms with Crippen LogP contribution in [0.4, 0.5) is 18.9 Å². The van der Waals surface area contributed by atoms with Crippen molar-refractivity contribution < 1.29 is 27.1 Å². The first-order valence-corrected chi connectivity index (χ1v) is 9.82. The van der Waals surface area contributed by atoms with E-state index in [4.69, 9.17) is 9.15 Å². The first-order chi connectivity index (χ1) is 14.9. The van der Waals surface area contributed by atoms with E-state index in [1.807, 2.05) is 0 Å². The molecule has 1 saturated heterocycles. The summed E-state index contributed by atoms with van der Waals surface area (Å²) in [6.07, 6.45) is -2.95. The zero-order valence-electron chi connectivity index (χ0n) is 16.4. The lowest BCUT2D eigenvalue weighted by molar-refractivity contribution is -0.153. The second-order valence-electron chi connectivity index (χ2n) is 7.11. The predicted octanol–water partition coefficient (Wildman–Crippen LogP) is 4.74. The minimum Gasteiger partial charge on any atom is -0.490 e. The average molecular weight is 431 g/mol. The van der Waals surface area contributed by atoms with Gasteiger partial charge in [0, 0.05) is 11.3 Å². The number of rotatable bonds is 5. The lowest BCUT2D eigenvalue weighted by Gasteiger charge is -2.23. The summed E-state index contributed by atoms with van der Waals surface area (Å²) in [5.41, 5.74) is -0.159. The maximum atomic E-state index is 13.4. The Morgan fingerprint density at radius 1 is 1.06 bits per heavy atom. The van der Waals surface area contributed by atoms with Crippen molar-refractivity contribution in [3.05, 3.63) is 66.1 Å². The van der Waals surface area contributed by atoms with E-state index in [1.165, 1.54) is 0 Å². The van der Waals surface area contributed by atoms with Crippen LogP contribution in [0.2, 0.25) is 0 Å². The van der Waals surface area contributed by atoms with E-state index in [1.54, 1.807) is 54.6 Å². The van der Waals surface area contributed by atoms with Crippen LogP contribution in [0, 0.1) is 0 Å². The number of benzene rings is 2. The Kier molecular flexibility index (Phi) is 5.94. The van der Waals surface area contributed by atoms with E-state index < -0.39 is 23.5 Å². The van der Waals surface area contributed by atoms with Crippen LogP contribution in [-0.2, 0) is 6.18 Å². The molecule has 1 aromatic heterocycles. The lowest BCUT2D eigenvalue weighted by atomic mass is 10.1. The fourth-order valence-electron chi connectivity index (χ4n) is 3.28. The van der Waals surface area contributed by atoms with Gasteiger partial charge in [0.05, 0.1) is 0 Å². The number of halogens is 3. The molecule has 2 heterocycles.